The van der Waals surface area contributed by atoms with Gasteiger partial charge in [-0.1, -0.05) is 73.7 Å². The smallest absolute Gasteiger partial charge is 0.243 e. The summed E-state index contributed by atoms with van der Waals surface area (Å²) in [7, 11) is -3.80. The van der Waals surface area contributed by atoms with Crippen molar-refractivity contribution in [1.29, 1.82) is 0 Å². The molecule has 0 saturated carbocycles. The third-order valence-corrected chi connectivity index (χ3v) is 8.33. The Morgan fingerprint density at radius 3 is 2.22 bits per heavy atom. The molecule has 0 radical (unpaired) electrons. The summed E-state index contributed by atoms with van der Waals surface area (Å²) >= 11 is 0. The maximum Gasteiger partial charge on any atom is 0.243 e. The molecule has 3 aromatic rings. The van der Waals surface area contributed by atoms with Crippen LogP contribution in [0.5, 0.6) is 0 Å². The molecule has 0 bridgehead atoms. The lowest BCUT2D eigenvalue weighted by atomic mass is 10.0. The molecule has 220 valence electrons. The van der Waals surface area contributed by atoms with Crippen LogP contribution in [0.3, 0.4) is 0 Å². The van der Waals surface area contributed by atoms with Crippen LogP contribution in [0.2, 0.25) is 0 Å². The number of aryl methyl sites for hydroxylation is 1. The van der Waals surface area contributed by atoms with E-state index in [1.165, 1.54) is 18.2 Å². The minimum absolute atomic E-state index is 0.0196. The maximum absolute atomic E-state index is 14.5. The van der Waals surface area contributed by atoms with E-state index in [0.29, 0.717) is 6.42 Å². The maximum atomic E-state index is 14.5. The van der Waals surface area contributed by atoms with Crippen molar-refractivity contribution < 1.29 is 22.4 Å². The van der Waals surface area contributed by atoms with Gasteiger partial charge in [-0.2, -0.15) is 0 Å². The number of para-hydroxylation sites is 1. The molecule has 1 N–H and O–H groups in total. The average Bonchev–Trinajstić information content (AvgIpc) is 2.94. The first-order valence-electron chi connectivity index (χ1n) is 13.9. The van der Waals surface area contributed by atoms with Gasteiger partial charge >= 0.3 is 0 Å². The standard InChI is InChI=1S/C32H40FN3O4S/c1-5-25(3)34-32(38)30(22-26-15-7-6-8-16-26)35(23-27-17-10-9-14-24(27)2)31(37)20-13-21-36(41(4,39)40)29-19-12-11-18-28(29)33/h6-12,14-19,25,30H,5,13,20-23H2,1-4H3,(H,34,38)/t25-,30+/m1/s1. The van der Waals surface area contributed by atoms with Crippen molar-refractivity contribution in [2.75, 3.05) is 17.1 Å². The number of amides is 2. The van der Waals surface area contributed by atoms with Crippen molar-refractivity contribution in [3.05, 3.63) is 101 Å². The van der Waals surface area contributed by atoms with E-state index in [-0.39, 0.29) is 49.5 Å². The third-order valence-electron chi connectivity index (χ3n) is 7.15. The van der Waals surface area contributed by atoms with Crippen molar-refractivity contribution in [3.8, 4) is 0 Å². The Balaban J connectivity index is 1.91. The fraction of sp³-hybridized carbons (Fsp3) is 0.375. The van der Waals surface area contributed by atoms with Crippen LogP contribution in [0.15, 0.2) is 78.9 Å². The Labute approximate surface area is 243 Å². The summed E-state index contributed by atoms with van der Waals surface area (Å²) in [5.41, 5.74) is 2.77. The van der Waals surface area contributed by atoms with Crippen LogP contribution in [-0.4, -0.2) is 50.0 Å². The van der Waals surface area contributed by atoms with Gasteiger partial charge in [0, 0.05) is 32.0 Å². The molecule has 41 heavy (non-hydrogen) atoms. The third kappa shape index (κ3) is 9.14. The highest BCUT2D eigenvalue weighted by Crippen LogP contribution is 2.23. The zero-order chi connectivity index (χ0) is 30.0. The van der Waals surface area contributed by atoms with Gasteiger partial charge in [-0.25, -0.2) is 12.8 Å². The number of nitrogens with zero attached hydrogens (tertiary/aromatic N) is 2. The quantitative estimate of drug-likeness (QED) is 0.282. The van der Waals surface area contributed by atoms with E-state index >= 15 is 0 Å². The number of nitrogens with one attached hydrogen (secondary N) is 1. The van der Waals surface area contributed by atoms with Gasteiger partial charge in [-0.05, 0) is 55.5 Å². The molecular formula is C32H40FN3O4S. The van der Waals surface area contributed by atoms with Gasteiger partial charge in [0.25, 0.3) is 0 Å². The van der Waals surface area contributed by atoms with Crippen LogP contribution in [0.4, 0.5) is 10.1 Å². The zero-order valence-corrected chi connectivity index (χ0v) is 25.0. The van der Waals surface area contributed by atoms with Gasteiger partial charge in [0.1, 0.15) is 11.9 Å². The van der Waals surface area contributed by atoms with E-state index in [4.69, 9.17) is 0 Å². The van der Waals surface area contributed by atoms with Gasteiger partial charge in [0.2, 0.25) is 21.8 Å². The number of hydrogen-bond donors (Lipinski definition) is 1. The number of carbonyl (C=O) groups is 2. The van der Waals surface area contributed by atoms with Gasteiger partial charge in [-0.3, -0.25) is 13.9 Å². The lowest BCUT2D eigenvalue weighted by molar-refractivity contribution is -0.141. The summed E-state index contributed by atoms with van der Waals surface area (Å²) in [4.78, 5) is 29.1. The van der Waals surface area contributed by atoms with Gasteiger partial charge in [0.05, 0.1) is 11.9 Å². The SMILES string of the molecule is CC[C@@H](C)NC(=O)[C@H](Cc1ccccc1)N(Cc1ccccc1C)C(=O)CCCN(c1ccccc1F)S(C)(=O)=O. The van der Waals surface area contributed by atoms with E-state index in [9.17, 15) is 22.4 Å². The first-order valence-corrected chi connectivity index (χ1v) is 15.8. The zero-order valence-electron chi connectivity index (χ0n) is 24.2. The Hall–Kier alpha value is -3.72. The van der Waals surface area contributed by atoms with Crippen LogP contribution < -0.4 is 9.62 Å². The Kier molecular flexibility index (Phi) is 11.5. The van der Waals surface area contributed by atoms with E-state index in [1.807, 2.05) is 75.4 Å². The van der Waals surface area contributed by atoms with Crippen LogP contribution in [-0.2, 0) is 32.6 Å². The minimum Gasteiger partial charge on any atom is -0.352 e. The first-order chi connectivity index (χ1) is 19.5. The summed E-state index contributed by atoms with van der Waals surface area (Å²) in [5.74, 6) is -1.18. The van der Waals surface area contributed by atoms with Crippen molar-refractivity contribution in [1.82, 2.24) is 10.2 Å². The molecule has 0 heterocycles. The number of sulfonamides is 1. The Morgan fingerprint density at radius 1 is 0.951 bits per heavy atom. The second kappa shape index (κ2) is 14.8. The van der Waals surface area contributed by atoms with Crippen molar-refractivity contribution in [2.24, 2.45) is 0 Å². The molecule has 0 saturated heterocycles. The van der Waals surface area contributed by atoms with Crippen LogP contribution >= 0.6 is 0 Å². The largest absolute Gasteiger partial charge is 0.352 e. The van der Waals surface area contributed by atoms with E-state index in [0.717, 1.165) is 33.7 Å². The summed E-state index contributed by atoms with van der Waals surface area (Å²) < 4.78 is 40.5. The summed E-state index contributed by atoms with van der Waals surface area (Å²) in [6, 6.07) is 22.1. The number of benzene rings is 3. The van der Waals surface area contributed by atoms with Crippen LogP contribution in [0.1, 0.15) is 49.8 Å². The number of hydrogen-bond acceptors (Lipinski definition) is 4. The molecule has 0 spiro atoms. The van der Waals surface area contributed by atoms with Gasteiger partial charge in [-0.15, -0.1) is 0 Å². The van der Waals surface area contributed by atoms with Gasteiger partial charge in [0.15, 0.2) is 0 Å². The molecule has 0 fully saturated rings. The van der Waals surface area contributed by atoms with Crippen LogP contribution in [0, 0.1) is 12.7 Å². The molecule has 0 aromatic heterocycles. The predicted molar refractivity (Wildman–Crippen MR) is 161 cm³/mol. The Morgan fingerprint density at radius 2 is 1.59 bits per heavy atom. The number of carbonyl (C=O) groups excluding carboxylic acids is 2. The van der Waals surface area contributed by atoms with Crippen molar-refractivity contribution >= 4 is 27.5 Å². The highest BCUT2D eigenvalue weighted by atomic mass is 32.2. The highest BCUT2D eigenvalue weighted by molar-refractivity contribution is 7.92. The summed E-state index contributed by atoms with van der Waals surface area (Å²) in [6.07, 6.45) is 2.21. The topological polar surface area (TPSA) is 86.8 Å². The lowest BCUT2D eigenvalue weighted by Crippen LogP contribution is -2.52. The van der Waals surface area contributed by atoms with Gasteiger partial charge < -0.3 is 10.2 Å². The molecular weight excluding hydrogens is 541 g/mol. The number of rotatable bonds is 14. The fourth-order valence-electron chi connectivity index (χ4n) is 4.60. The van der Waals surface area contributed by atoms with Crippen LogP contribution in [0.25, 0.3) is 0 Å². The predicted octanol–water partition coefficient (Wildman–Crippen LogP) is 5.24. The molecule has 3 rings (SSSR count). The highest BCUT2D eigenvalue weighted by Gasteiger charge is 2.31. The van der Waals surface area contributed by atoms with Crippen molar-refractivity contribution in [3.63, 3.8) is 0 Å². The lowest BCUT2D eigenvalue weighted by Gasteiger charge is -2.33. The van der Waals surface area contributed by atoms with Crippen molar-refractivity contribution in [2.45, 2.75) is 65.1 Å². The molecule has 2 atom stereocenters. The fourth-order valence-corrected chi connectivity index (χ4v) is 5.57. The molecule has 0 aliphatic carbocycles. The monoisotopic (exact) mass is 581 g/mol. The molecule has 0 aliphatic heterocycles. The second-order valence-electron chi connectivity index (χ2n) is 10.4. The Bertz CT molecular complexity index is 1420. The summed E-state index contributed by atoms with van der Waals surface area (Å²) in [6.45, 7) is 6.01. The number of anilines is 1. The van der Waals surface area contributed by atoms with E-state index in [2.05, 4.69) is 5.32 Å². The molecule has 7 nitrogen and oxygen atoms in total. The average molecular weight is 582 g/mol. The summed E-state index contributed by atoms with van der Waals surface area (Å²) in [5, 5.41) is 3.05. The molecule has 2 amide bonds. The number of halogens is 1. The minimum atomic E-state index is -3.80. The molecule has 9 heteroatoms. The van der Waals surface area contributed by atoms with E-state index < -0.39 is 21.9 Å². The molecule has 0 aliphatic rings. The molecule has 0 unspecified atom stereocenters. The van der Waals surface area contributed by atoms with E-state index in [1.54, 1.807) is 11.0 Å². The second-order valence-corrected chi connectivity index (χ2v) is 12.3. The first kappa shape index (κ1) is 31.8. The molecule has 3 aromatic carbocycles. The normalized spacial score (nSPS) is 12.8.